The highest BCUT2D eigenvalue weighted by atomic mass is 35.5. The van der Waals surface area contributed by atoms with Gasteiger partial charge in [0, 0.05) is 41.7 Å². The molecule has 7 rings (SSSR count). The summed E-state index contributed by atoms with van der Waals surface area (Å²) in [5.74, 6) is 1.60. The molecule has 1 aliphatic carbocycles. The highest BCUT2D eigenvalue weighted by Gasteiger charge is 2.59. The zero-order chi connectivity index (χ0) is 31.8. The van der Waals surface area contributed by atoms with Crippen molar-refractivity contribution in [3.05, 3.63) is 87.9 Å². The number of hydrogen-bond donors (Lipinski definition) is 0. The Hall–Kier alpha value is -4.41. The molecule has 2 aromatic heterocycles. The molecule has 3 heterocycles. The minimum atomic E-state index is -0.650. The van der Waals surface area contributed by atoms with Gasteiger partial charge >= 0.3 is 0 Å². The quantitative estimate of drug-likeness (QED) is 0.137. The number of anilines is 1. The first-order valence-corrected chi connectivity index (χ1v) is 16.2. The van der Waals surface area contributed by atoms with E-state index in [4.69, 9.17) is 48.4 Å². The second kappa shape index (κ2) is 12.4. The molecule has 232 valence electrons. The second-order valence-electron chi connectivity index (χ2n) is 12.0. The van der Waals surface area contributed by atoms with Crippen LogP contribution in [0.5, 0.6) is 0 Å². The van der Waals surface area contributed by atoms with Crippen molar-refractivity contribution in [2.24, 2.45) is 0 Å². The number of fused-ring (bicyclic) bond motifs is 4. The van der Waals surface area contributed by atoms with Crippen molar-refractivity contribution in [2.45, 2.75) is 76.3 Å². The number of amides is 1. The van der Waals surface area contributed by atoms with E-state index in [0.717, 1.165) is 45.0 Å². The van der Waals surface area contributed by atoms with Gasteiger partial charge in [0.25, 0.3) is 0 Å². The highest BCUT2D eigenvalue weighted by Crippen LogP contribution is 2.54. The standard InChI is InChI=1S/C35H31Cl2N7O2/c36-23-9-11-30-27(17-23)40-32(42(30)15-5-3-13-38)21-44-29-8-2-1-7-26(29)35(34(44)45)19-25(20-35)46-22-33-41-28-18-24(37)10-12-31(28)43(33)16-6-4-14-39/h1-2,7-12,17-18,25H,3-6,15-16,19-22H2. The first kappa shape index (κ1) is 30.3. The number of halogens is 2. The molecule has 1 fully saturated rings. The summed E-state index contributed by atoms with van der Waals surface area (Å²) in [5.41, 5.74) is 4.73. The number of imidazole rings is 2. The predicted molar refractivity (Wildman–Crippen MR) is 176 cm³/mol. The van der Waals surface area contributed by atoms with Crippen molar-refractivity contribution in [1.82, 2.24) is 19.1 Å². The lowest BCUT2D eigenvalue weighted by Gasteiger charge is -2.43. The second-order valence-corrected chi connectivity index (χ2v) is 12.9. The van der Waals surface area contributed by atoms with Gasteiger partial charge in [0.15, 0.2) is 0 Å². The van der Waals surface area contributed by atoms with Crippen LogP contribution in [0.3, 0.4) is 0 Å². The van der Waals surface area contributed by atoms with Gasteiger partial charge in [-0.3, -0.25) is 4.79 Å². The smallest absolute Gasteiger partial charge is 0.238 e. The Kier molecular flexibility index (Phi) is 8.16. The Morgan fingerprint density at radius 3 is 2.07 bits per heavy atom. The average molecular weight is 653 g/mol. The third-order valence-corrected chi connectivity index (χ3v) is 9.65. The maximum atomic E-state index is 14.3. The number of nitriles is 2. The SMILES string of the molecule is N#CCCCn1c(COC2CC3(C2)C(=O)N(Cc2nc4cc(Cl)ccc4n2CCCC#N)c2ccccc23)nc2cc(Cl)ccc21. The normalized spacial score (nSPS) is 18.7. The van der Waals surface area contributed by atoms with E-state index in [2.05, 4.69) is 27.3 Å². The van der Waals surface area contributed by atoms with Crippen molar-refractivity contribution >= 4 is 56.9 Å². The Bertz CT molecular complexity index is 2050. The van der Waals surface area contributed by atoms with Gasteiger partial charge in [-0.1, -0.05) is 41.4 Å². The Labute approximate surface area is 276 Å². The number of aryl methyl sites for hydroxylation is 2. The molecule has 0 saturated heterocycles. The van der Waals surface area contributed by atoms with Gasteiger partial charge in [0.2, 0.25) is 5.91 Å². The lowest BCUT2D eigenvalue weighted by atomic mass is 9.63. The largest absolute Gasteiger partial charge is 0.370 e. The monoisotopic (exact) mass is 651 g/mol. The van der Waals surface area contributed by atoms with Gasteiger partial charge in [-0.25, -0.2) is 9.97 Å². The van der Waals surface area contributed by atoms with Crippen LogP contribution < -0.4 is 4.90 Å². The van der Waals surface area contributed by atoms with Gasteiger partial charge in [-0.2, -0.15) is 10.5 Å². The number of unbranched alkanes of at least 4 members (excludes halogenated alkanes) is 2. The van der Waals surface area contributed by atoms with E-state index in [0.29, 0.717) is 74.8 Å². The van der Waals surface area contributed by atoms with E-state index in [1.54, 1.807) is 0 Å². The number of para-hydroxylation sites is 1. The summed E-state index contributed by atoms with van der Waals surface area (Å²) in [7, 11) is 0. The molecule has 0 unspecified atom stereocenters. The molecule has 11 heteroatoms. The summed E-state index contributed by atoms with van der Waals surface area (Å²) in [5, 5.41) is 19.4. The number of hydrogen-bond acceptors (Lipinski definition) is 6. The predicted octanol–water partition coefficient (Wildman–Crippen LogP) is 7.46. The van der Waals surface area contributed by atoms with Crippen LogP contribution in [0.2, 0.25) is 10.0 Å². The number of carbonyl (C=O) groups is 1. The summed E-state index contributed by atoms with van der Waals surface area (Å²) in [6.45, 7) is 1.90. The summed E-state index contributed by atoms with van der Waals surface area (Å²) in [6.07, 6.45) is 3.34. The van der Waals surface area contributed by atoms with Crippen molar-refractivity contribution in [1.29, 1.82) is 10.5 Å². The van der Waals surface area contributed by atoms with Crippen LogP contribution >= 0.6 is 23.2 Å². The molecule has 1 saturated carbocycles. The third kappa shape index (κ3) is 5.29. The molecule has 46 heavy (non-hydrogen) atoms. The summed E-state index contributed by atoms with van der Waals surface area (Å²) < 4.78 is 10.6. The summed E-state index contributed by atoms with van der Waals surface area (Å²) >= 11 is 12.5. The Morgan fingerprint density at radius 1 is 0.848 bits per heavy atom. The van der Waals surface area contributed by atoms with Crippen LogP contribution in [0, 0.1) is 22.7 Å². The molecule has 3 aromatic carbocycles. The molecule has 0 atom stereocenters. The van der Waals surface area contributed by atoms with Crippen molar-refractivity contribution < 1.29 is 9.53 Å². The van der Waals surface area contributed by atoms with Crippen molar-refractivity contribution in [3.63, 3.8) is 0 Å². The minimum Gasteiger partial charge on any atom is -0.370 e. The maximum Gasteiger partial charge on any atom is 0.238 e. The maximum absolute atomic E-state index is 14.3. The van der Waals surface area contributed by atoms with E-state index >= 15 is 0 Å². The zero-order valence-electron chi connectivity index (χ0n) is 25.1. The van der Waals surface area contributed by atoms with Gasteiger partial charge in [0.05, 0.1) is 52.3 Å². The van der Waals surface area contributed by atoms with E-state index in [-0.39, 0.29) is 12.0 Å². The minimum absolute atomic E-state index is 0.0561. The lowest BCUT2D eigenvalue weighted by molar-refractivity contribution is -0.135. The number of benzene rings is 3. The first-order chi connectivity index (χ1) is 22.4. The molecule has 2 aliphatic rings. The van der Waals surface area contributed by atoms with Gasteiger partial charge in [-0.15, -0.1) is 0 Å². The third-order valence-electron chi connectivity index (χ3n) is 9.18. The van der Waals surface area contributed by atoms with Gasteiger partial charge in [0.1, 0.15) is 18.3 Å². The Morgan fingerprint density at radius 2 is 1.43 bits per heavy atom. The molecular weight excluding hydrogens is 621 g/mol. The zero-order valence-corrected chi connectivity index (χ0v) is 26.6. The van der Waals surface area contributed by atoms with Crippen LogP contribution in [-0.4, -0.2) is 31.1 Å². The van der Waals surface area contributed by atoms with E-state index < -0.39 is 5.41 Å². The molecule has 1 aliphatic heterocycles. The van der Waals surface area contributed by atoms with Gasteiger partial charge in [-0.05, 0) is 73.7 Å². The van der Waals surface area contributed by atoms with E-state index in [9.17, 15) is 4.79 Å². The molecule has 9 nitrogen and oxygen atoms in total. The number of rotatable bonds is 11. The molecule has 0 N–H and O–H groups in total. The van der Waals surface area contributed by atoms with Crippen LogP contribution in [0.4, 0.5) is 5.69 Å². The van der Waals surface area contributed by atoms with Crippen LogP contribution in [0.15, 0.2) is 60.7 Å². The fourth-order valence-corrected chi connectivity index (χ4v) is 7.32. The van der Waals surface area contributed by atoms with Crippen LogP contribution in [0.25, 0.3) is 22.1 Å². The van der Waals surface area contributed by atoms with E-state index in [1.165, 1.54) is 0 Å². The van der Waals surface area contributed by atoms with E-state index in [1.807, 2.05) is 59.5 Å². The molecule has 1 amide bonds. The fourth-order valence-electron chi connectivity index (χ4n) is 6.99. The summed E-state index contributed by atoms with van der Waals surface area (Å²) in [6, 6.07) is 23.7. The number of ether oxygens (including phenoxy) is 1. The molecule has 5 aromatic rings. The summed E-state index contributed by atoms with van der Waals surface area (Å²) in [4.78, 5) is 25.8. The number of nitrogens with zero attached hydrogens (tertiary/aromatic N) is 7. The van der Waals surface area contributed by atoms with Crippen molar-refractivity contribution in [3.8, 4) is 12.1 Å². The number of carbonyl (C=O) groups excluding carboxylic acids is 1. The molecule has 0 radical (unpaired) electrons. The fraction of sp³-hybridized carbons (Fsp3) is 0.343. The first-order valence-electron chi connectivity index (χ1n) is 15.5. The number of aromatic nitrogens is 4. The highest BCUT2D eigenvalue weighted by molar-refractivity contribution is 6.31. The average Bonchev–Trinajstić information content (AvgIpc) is 3.63. The topological polar surface area (TPSA) is 113 Å². The van der Waals surface area contributed by atoms with Crippen molar-refractivity contribution in [2.75, 3.05) is 4.90 Å². The van der Waals surface area contributed by atoms with Gasteiger partial charge < -0.3 is 18.8 Å². The molecular formula is C35H31Cl2N7O2. The molecule has 1 spiro atoms. The lowest BCUT2D eigenvalue weighted by Crippen LogP contribution is -2.52. The molecule has 0 bridgehead atoms. The van der Waals surface area contributed by atoms with Crippen LogP contribution in [-0.2, 0) is 41.2 Å². The Balaban J connectivity index is 1.11. The van der Waals surface area contributed by atoms with Crippen LogP contribution in [0.1, 0.15) is 55.7 Å².